The number of rotatable bonds is 7. The van der Waals surface area contributed by atoms with E-state index in [9.17, 15) is 14.4 Å². The van der Waals surface area contributed by atoms with Gasteiger partial charge >= 0.3 is 5.97 Å². The molecule has 0 heterocycles. The zero-order valence-corrected chi connectivity index (χ0v) is 14.0. The predicted octanol–water partition coefficient (Wildman–Crippen LogP) is 1.05. The third-order valence-corrected chi connectivity index (χ3v) is 3.40. The van der Waals surface area contributed by atoms with E-state index in [4.69, 9.17) is 0 Å². The van der Waals surface area contributed by atoms with Crippen molar-refractivity contribution in [3.05, 3.63) is 35.9 Å². The van der Waals surface area contributed by atoms with Gasteiger partial charge in [0.25, 0.3) is 0 Å². The molecule has 0 spiro atoms. The van der Waals surface area contributed by atoms with Crippen molar-refractivity contribution in [1.29, 1.82) is 0 Å². The Hall–Kier alpha value is -2.37. The molecule has 0 fully saturated rings. The molecular weight excluding hydrogens is 296 g/mol. The van der Waals surface area contributed by atoms with Gasteiger partial charge in [-0.05, 0) is 18.4 Å². The molecule has 0 aromatic heterocycles. The summed E-state index contributed by atoms with van der Waals surface area (Å²) in [6.45, 7) is 5.19. The molecule has 6 nitrogen and oxygen atoms in total. The van der Waals surface area contributed by atoms with Gasteiger partial charge in [0.05, 0.1) is 13.5 Å². The minimum Gasteiger partial charge on any atom is -0.467 e. The molecular formula is C17H24N2O4. The highest BCUT2D eigenvalue weighted by Gasteiger charge is 2.27. The maximum Gasteiger partial charge on any atom is 0.328 e. The summed E-state index contributed by atoms with van der Waals surface area (Å²) >= 11 is 0. The monoisotopic (exact) mass is 320 g/mol. The first-order valence-corrected chi connectivity index (χ1v) is 7.56. The van der Waals surface area contributed by atoms with E-state index in [1.54, 1.807) is 20.8 Å². The standard InChI is InChI=1S/C17H24N2O4/c1-11(2)15(17(22)23-4)19-16(21)12(3)18-14(20)10-13-8-6-5-7-9-13/h5-9,11-12,15H,10H2,1-4H3,(H,18,20)(H,19,21). The average molecular weight is 320 g/mol. The van der Waals surface area contributed by atoms with Crippen LogP contribution in [0.4, 0.5) is 0 Å². The summed E-state index contributed by atoms with van der Waals surface area (Å²) in [5.74, 6) is -1.29. The van der Waals surface area contributed by atoms with Crippen LogP contribution in [0.25, 0.3) is 0 Å². The number of hydrogen-bond acceptors (Lipinski definition) is 4. The van der Waals surface area contributed by atoms with Crippen LogP contribution in [0.1, 0.15) is 26.3 Å². The van der Waals surface area contributed by atoms with Crippen molar-refractivity contribution in [1.82, 2.24) is 10.6 Å². The zero-order chi connectivity index (χ0) is 17.4. The minimum absolute atomic E-state index is 0.112. The summed E-state index contributed by atoms with van der Waals surface area (Å²) in [5.41, 5.74) is 0.868. The highest BCUT2D eigenvalue weighted by atomic mass is 16.5. The van der Waals surface area contributed by atoms with Crippen molar-refractivity contribution in [2.75, 3.05) is 7.11 Å². The molecule has 2 N–H and O–H groups in total. The maximum atomic E-state index is 12.1. The van der Waals surface area contributed by atoms with Crippen LogP contribution in [0.3, 0.4) is 0 Å². The van der Waals surface area contributed by atoms with E-state index in [1.807, 2.05) is 30.3 Å². The number of benzene rings is 1. The molecule has 2 unspecified atom stereocenters. The molecule has 0 aliphatic rings. The summed E-state index contributed by atoms with van der Waals surface area (Å²) in [5, 5.41) is 5.23. The second-order valence-corrected chi connectivity index (χ2v) is 5.71. The quantitative estimate of drug-likeness (QED) is 0.736. The van der Waals surface area contributed by atoms with E-state index in [-0.39, 0.29) is 18.2 Å². The Morgan fingerprint density at radius 3 is 2.17 bits per heavy atom. The van der Waals surface area contributed by atoms with Gasteiger partial charge in [-0.15, -0.1) is 0 Å². The summed E-state index contributed by atoms with van der Waals surface area (Å²) in [6.07, 6.45) is 0.197. The molecule has 0 radical (unpaired) electrons. The number of ether oxygens (including phenoxy) is 1. The predicted molar refractivity (Wildman–Crippen MR) is 86.5 cm³/mol. The van der Waals surface area contributed by atoms with Gasteiger partial charge < -0.3 is 15.4 Å². The third-order valence-electron chi connectivity index (χ3n) is 3.40. The lowest BCUT2D eigenvalue weighted by Crippen LogP contribution is -2.52. The van der Waals surface area contributed by atoms with Crippen LogP contribution in [0.2, 0.25) is 0 Å². The fourth-order valence-corrected chi connectivity index (χ4v) is 2.04. The summed E-state index contributed by atoms with van der Waals surface area (Å²) in [7, 11) is 1.27. The fourth-order valence-electron chi connectivity index (χ4n) is 2.04. The molecule has 0 aliphatic heterocycles. The molecule has 1 rings (SSSR count). The lowest BCUT2D eigenvalue weighted by atomic mass is 10.0. The first kappa shape index (κ1) is 18.7. The van der Waals surface area contributed by atoms with Gasteiger partial charge in [-0.25, -0.2) is 4.79 Å². The number of carbonyl (C=O) groups excluding carboxylic acids is 3. The minimum atomic E-state index is -0.739. The van der Waals surface area contributed by atoms with Crippen molar-refractivity contribution in [3.8, 4) is 0 Å². The van der Waals surface area contributed by atoms with E-state index < -0.39 is 24.0 Å². The van der Waals surface area contributed by atoms with E-state index in [0.29, 0.717) is 0 Å². The van der Waals surface area contributed by atoms with Crippen molar-refractivity contribution in [3.63, 3.8) is 0 Å². The Bertz CT molecular complexity index is 543. The van der Waals surface area contributed by atoms with Gasteiger partial charge in [0, 0.05) is 0 Å². The number of amides is 2. The molecule has 23 heavy (non-hydrogen) atoms. The lowest BCUT2D eigenvalue weighted by Gasteiger charge is -2.22. The Labute approximate surface area is 136 Å². The van der Waals surface area contributed by atoms with Gasteiger partial charge in [-0.3, -0.25) is 9.59 Å². The number of carbonyl (C=O) groups is 3. The Morgan fingerprint density at radius 2 is 1.65 bits per heavy atom. The van der Waals surface area contributed by atoms with Gasteiger partial charge in [-0.1, -0.05) is 44.2 Å². The van der Waals surface area contributed by atoms with E-state index in [0.717, 1.165) is 5.56 Å². The number of hydrogen-bond donors (Lipinski definition) is 2. The Kier molecular flexibility index (Phi) is 7.25. The zero-order valence-electron chi connectivity index (χ0n) is 14.0. The first-order valence-electron chi connectivity index (χ1n) is 7.56. The number of nitrogens with one attached hydrogen (secondary N) is 2. The van der Waals surface area contributed by atoms with E-state index in [1.165, 1.54) is 7.11 Å². The molecule has 1 aromatic rings. The summed E-state index contributed by atoms with van der Waals surface area (Å²) in [4.78, 5) is 35.7. The van der Waals surface area contributed by atoms with Gasteiger partial charge in [0.2, 0.25) is 11.8 Å². The molecule has 1 aromatic carbocycles. The van der Waals surface area contributed by atoms with Crippen molar-refractivity contribution in [2.24, 2.45) is 5.92 Å². The molecule has 0 saturated carbocycles. The van der Waals surface area contributed by atoms with Crippen LogP contribution in [0, 0.1) is 5.92 Å². The molecule has 0 saturated heterocycles. The first-order chi connectivity index (χ1) is 10.8. The van der Waals surface area contributed by atoms with Crippen LogP contribution in [0.15, 0.2) is 30.3 Å². The van der Waals surface area contributed by atoms with Crippen molar-refractivity contribution < 1.29 is 19.1 Å². The summed E-state index contributed by atoms with van der Waals surface area (Å²) < 4.78 is 4.67. The number of esters is 1. The van der Waals surface area contributed by atoms with Crippen LogP contribution in [0.5, 0.6) is 0 Å². The normalized spacial score (nSPS) is 13.1. The van der Waals surface area contributed by atoms with Gasteiger partial charge in [0.15, 0.2) is 0 Å². The SMILES string of the molecule is COC(=O)C(NC(=O)C(C)NC(=O)Cc1ccccc1)C(C)C. The molecule has 126 valence electrons. The molecule has 6 heteroatoms. The van der Waals surface area contributed by atoms with Crippen LogP contribution >= 0.6 is 0 Å². The topological polar surface area (TPSA) is 84.5 Å². The Balaban J connectivity index is 2.55. The molecule has 2 atom stereocenters. The van der Waals surface area contributed by atoms with Crippen LogP contribution < -0.4 is 10.6 Å². The molecule has 0 bridgehead atoms. The highest BCUT2D eigenvalue weighted by molar-refractivity contribution is 5.90. The largest absolute Gasteiger partial charge is 0.467 e. The smallest absolute Gasteiger partial charge is 0.328 e. The average Bonchev–Trinajstić information content (AvgIpc) is 2.52. The third kappa shape index (κ3) is 6.10. The maximum absolute atomic E-state index is 12.1. The van der Waals surface area contributed by atoms with E-state index >= 15 is 0 Å². The highest BCUT2D eigenvalue weighted by Crippen LogP contribution is 2.04. The summed E-state index contributed by atoms with van der Waals surface area (Å²) in [6, 6.07) is 7.78. The molecule has 0 aliphatic carbocycles. The van der Waals surface area contributed by atoms with Crippen LogP contribution in [-0.4, -0.2) is 37.0 Å². The lowest BCUT2D eigenvalue weighted by molar-refractivity contribution is -0.146. The second-order valence-electron chi connectivity index (χ2n) is 5.71. The van der Waals surface area contributed by atoms with Crippen LogP contribution in [-0.2, 0) is 25.5 Å². The fraction of sp³-hybridized carbons (Fsp3) is 0.471. The van der Waals surface area contributed by atoms with Crippen molar-refractivity contribution in [2.45, 2.75) is 39.3 Å². The van der Waals surface area contributed by atoms with Gasteiger partial charge in [0.1, 0.15) is 12.1 Å². The number of methoxy groups -OCH3 is 1. The second kappa shape index (κ2) is 8.92. The van der Waals surface area contributed by atoms with Crippen molar-refractivity contribution >= 4 is 17.8 Å². The Morgan fingerprint density at radius 1 is 1.04 bits per heavy atom. The van der Waals surface area contributed by atoms with Gasteiger partial charge in [-0.2, -0.15) is 0 Å². The van der Waals surface area contributed by atoms with E-state index in [2.05, 4.69) is 15.4 Å². The molecule has 2 amide bonds.